The van der Waals surface area contributed by atoms with Crippen LogP contribution in [0.1, 0.15) is 27.4 Å². The van der Waals surface area contributed by atoms with Crippen molar-refractivity contribution in [1.82, 2.24) is 4.90 Å². The maximum Gasteiger partial charge on any atom is 0.337 e. The molecule has 0 aromatic heterocycles. The van der Waals surface area contributed by atoms with Crippen molar-refractivity contribution in [3.63, 3.8) is 0 Å². The van der Waals surface area contributed by atoms with Crippen LogP contribution in [0, 0.1) is 5.92 Å². The van der Waals surface area contributed by atoms with Crippen LogP contribution in [0.5, 0.6) is 0 Å². The van der Waals surface area contributed by atoms with Crippen molar-refractivity contribution in [2.45, 2.75) is 12.5 Å². The highest BCUT2D eigenvalue weighted by atomic mass is 16.5. The van der Waals surface area contributed by atoms with E-state index in [0.717, 1.165) is 25.2 Å². The average molecular weight is 325 g/mol. The third-order valence-electron chi connectivity index (χ3n) is 4.74. The Morgan fingerprint density at radius 2 is 1.96 bits per heavy atom. The first-order valence-corrected chi connectivity index (χ1v) is 8.26. The summed E-state index contributed by atoms with van der Waals surface area (Å²) in [5.74, 6) is 0.0847. The van der Waals surface area contributed by atoms with Crippen LogP contribution in [0.15, 0.2) is 54.6 Å². The van der Waals surface area contributed by atoms with Crippen LogP contribution in [0.3, 0.4) is 0 Å². The average Bonchev–Trinajstić information content (AvgIpc) is 3.05. The first kappa shape index (κ1) is 16.7. The van der Waals surface area contributed by atoms with E-state index in [1.165, 1.54) is 12.7 Å². The minimum Gasteiger partial charge on any atom is -0.465 e. The first-order valence-electron chi connectivity index (χ1n) is 8.26. The molecule has 0 aliphatic carbocycles. The van der Waals surface area contributed by atoms with Crippen molar-refractivity contribution in [2.24, 2.45) is 5.92 Å². The highest BCUT2D eigenvalue weighted by Gasteiger charge is 2.33. The van der Waals surface area contributed by atoms with E-state index in [-0.39, 0.29) is 24.4 Å². The fraction of sp³-hybridized carbons (Fsp3) is 0.350. The molecule has 1 N–H and O–H groups in total. The quantitative estimate of drug-likeness (QED) is 0.859. The molecule has 1 aliphatic rings. The van der Waals surface area contributed by atoms with Gasteiger partial charge < -0.3 is 9.84 Å². The van der Waals surface area contributed by atoms with E-state index in [9.17, 15) is 9.90 Å². The van der Waals surface area contributed by atoms with Gasteiger partial charge >= 0.3 is 5.97 Å². The van der Waals surface area contributed by atoms with E-state index in [4.69, 9.17) is 4.74 Å². The molecular weight excluding hydrogens is 302 g/mol. The van der Waals surface area contributed by atoms with Gasteiger partial charge in [0.25, 0.3) is 0 Å². The van der Waals surface area contributed by atoms with Gasteiger partial charge in [-0.1, -0.05) is 42.5 Å². The minimum absolute atomic E-state index is 0.151. The molecule has 24 heavy (non-hydrogen) atoms. The zero-order valence-corrected chi connectivity index (χ0v) is 13.9. The first-order chi connectivity index (χ1) is 11.7. The van der Waals surface area contributed by atoms with Crippen LogP contribution in [-0.4, -0.2) is 42.8 Å². The molecule has 3 rings (SSSR count). The summed E-state index contributed by atoms with van der Waals surface area (Å²) in [6.07, 6.45) is 0. The Balaban J connectivity index is 1.76. The maximum absolute atomic E-state index is 11.8. The fourth-order valence-electron chi connectivity index (χ4n) is 3.51. The second kappa shape index (κ2) is 7.60. The lowest BCUT2D eigenvalue weighted by Gasteiger charge is -2.17. The number of benzene rings is 2. The van der Waals surface area contributed by atoms with E-state index in [2.05, 4.69) is 17.0 Å². The molecule has 2 aromatic rings. The Morgan fingerprint density at radius 3 is 2.67 bits per heavy atom. The van der Waals surface area contributed by atoms with Crippen LogP contribution >= 0.6 is 0 Å². The Kier molecular flexibility index (Phi) is 5.28. The third kappa shape index (κ3) is 3.66. The molecule has 1 aliphatic heterocycles. The van der Waals surface area contributed by atoms with Gasteiger partial charge in [-0.25, -0.2) is 4.79 Å². The topological polar surface area (TPSA) is 49.8 Å². The summed E-state index contributed by atoms with van der Waals surface area (Å²) in [6.45, 7) is 2.77. The molecule has 4 heteroatoms. The zero-order valence-electron chi connectivity index (χ0n) is 13.9. The molecule has 2 aromatic carbocycles. The number of ether oxygens (including phenoxy) is 1. The van der Waals surface area contributed by atoms with Gasteiger partial charge in [0.15, 0.2) is 0 Å². The smallest absolute Gasteiger partial charge is 0.337 e. The molecule has 126 valence electrons. The number of nitrogens with zero attached hydrogens (tertiary/aromatic N) is 1. The maximum atomic E-state index is 11.8. The summed E-state index contributed by atoms with van der Waals surface area (Å²) in [5.41, 5.74) is 2.93. The second-order valence-electron chi connectivity index (χ2n) is 6.35. The molecule has 1 saturated heterocycles. The molecule has 0 radical (unpaired) electrons. The van der Waals surface area contributed by atoms with E-state index in [0.29, 0.717) is 5.56 Å². The summed E-state index contributed by atoms with van der Waals surface area (Å²) in [5, 5.41) is 9.79. The third-order valence-corrected chi connectivity index (χ3v) is 4.74. The second-order valence-corrected chi connectivity index (χ2v) is 6.35. The number of aliphatic hydroxyl groups is 1. The number of likely N-dealkylation sites (tertiary alicyclic amines) is 1. The SMILES string of the molecule is COC(=O)c1cccc(C2CN(Cc3ccccc3)CC2CO)c1. The number of methoxy groups -OCH3 is 1. The van der Waals surface area contributed by atoms with Crippen LogP contribution in [0.25, 0.3) is 0 Å². The van der Waals surface area contributed by atoms with Gasteiger partial charge in [0.2, 0.25) is 0 Å². The van der Waals surface area contributed by atoms with Gasteiger partial charge in [-0.2, -0.15) is 0 Å². The van der Waals surface area contributed by atoms with Gasteiger partial charge in [0.1, 0.15) is 0 Å². The lowest BCUT2D eigenvalue weighted by molar-refractivity contribution is 0.0600. The zero-order chi connectivity index (χ0) is 16.9. The molecular formula is C20H23NO3. The van der Waals surface area contributed by atoms with Crippen LogP contribution in [0.4, 0.5) is 0 Å². The van der Waals surface area contributed by atoms with Crippen molar-refractivity contribution < 1.29 is 14.6 Å². The molecule has 0 bridgehead atoms. The molecule has 1 heterocycles. The van der Waals surface area contributed by atoms with Crippen molar-refractivity contribution in [2.75, 3.05) is 26.8 Å². The summed E-state index contributed by atoms with van der Waals surface area (Å²) in [6, 6.07) is 17.9. The van der Waals surface area contributed by atoms with Crippen LogP contribution in [0.2, 0.25) is 0 Å². The normalized spacial score (nSPS) is 20.9. The van der Waals surface area contributed by atoms with Gasteiger partial charge in [-0.3, -0.25) is 4.90 Å². The molecule has 4 nitrogen and oxygen atoms in total. The number of carbonyl (C=O) groups is 1. The van der Waals surface area contributed by atoms with Crippen molar-refractivity contribution in [3.05, 3.63) is 71.3 Å². The Hall–Kier alpha value is -2.17. The lowest BCUT2D eigenvalue weighted by atomic mass is 9.89. The van der Waals surface area contributed by atoms with Gasteiger partial charge in [0.05, 0.1) is 12.7 Å². The highest BCUT2D eigenvalue weighted by molar-refractivity contribution is 5.89. The number of carbonyl (C=O) groups excluding carboxylic acids is 1. The summed E-state index contributed by atoms with van der Waals surface area (Å²) in [7, 11) is 1.39. The Labute approximate surface area is 142 Å². The van der Waals surface area contributed by atoms with Crippen molar-refractivity contribution in [1.29, 1.82) is 0 Å². The van der Waals surface area contributed by atoms with Crippen LogP contribution in [-0.2, 0) is 11.3 Å². The molecule has 0 saturated carbocycles. The lowest BCUT2D eigenvalue weighted by Crippen LogP contribution is -2.20. The predicted molar refractivity (Wildman–Crippen MR) is 92.8 cm³/mol. The fourth-order valence-corrected chi connectivity index (χ4v) is 3.51. The number of esters is 1. The van der Waals surface area contributed by atoms with Crippen molar-refractivity contribution in [3.8, 4) is 0 Å². The molecule has 0 amide bonds. The standard InChI is InChI=1S/C20H23NO3/c1-24-20(23)17-9-5-8-16(10-17)19-13-21(12-18(19)14-22)11-15-6-3-2-4-7-15/h2-10,18-19,22H,11-14H2,1H3. The molecule has 2 atom stereocenters. The largest absolute Gasteiger partial charge is 0.465 e. The number of aliphatic hydroxyl groups excluding tert-OH is 1. The number of rotatable bonds is 5. The van der Waals surface area contributed by atoms with E-state index >= 15 is 0 Å². The minimum atomic E-state index is -0.323. The summed E-state index contributed by atoms with van der Waals surface area (Å²) < 4.78 is 4.81. The number of hydrogen-bond donors (Lipinski definition) is 1. The summed E-state index contributed by atoms with van der Waals surface area (Å²) >= 11 is 0. The Morgan fingerprint density at radius 1 is 1.17 bits per heavy atom. The monoisotopic (exact) mass is 325 g/mol. The number of hydrogen-bond acceptors (Lipinski definition) is 4. The Bertz CT molecular complexity index is 686. The molecule has 0 spiro atoms. The van der Waals surface area contributed by atoms with Gasteiger partial charge in [0, 0.05) is 38.1 Å². The predicted octanol–water partition coefficient (Wildman–Crippen LogP) is 2.68. The van der Waals surface area contributed by atoms with Gasteiger partial charge in [-0.15, -0.1) is 0 Å². The highest BCUT2D eigenvalue weighted by Crippen LogP contribution is 2.33. The molecule has 1 fully saturated rings. The van der Waals surface area contributed by atoms with Crippen molar-refractivity contribution >= 4 is 5.97 Å². The van der Waals surface area contributed by atoms with E-state index in [1.807, 2.05) is 36.4 Å². The summed E-state index contributed by atoms with van der Waals surface area (Å²) in [4.78, 5) is 14.1. The van der Waals surface area contributed by atoms with Gasteiger partial charge in [-0.05, 0) is 23.3 Å². The van der Waals surface area contributed by atoms with E-state index < -0.39 is 0 Å². The van der Waals surface area contributed by atoms with Crippen LogP contribution < -0.4 is 0 Å². The van der Waals surface area contributed by atoms with E-state index in [1.54, 1.807) is 6.07 Å². The molecule has 2 unspecified atom stereocenters.